The fraction of sp³-hybridized carbons (Fsp3) is 0.588. The molecular weight excluding hydrogens is 248 g/mol. The summed E-state index contributed by atoms with van der Waals surface area (Å²) in [7, 11) is 0. The molecule has 20 heavy (non-hydrogen) atoms. The average molecular weight is 276 g/mol. The van der Waals surface area contributed by atoms with Crippen molar-refractivity contribution in [3.05, 3.63) is 35.4 Å². The Bertz CT molecular complexity index is 440. The van der Waals surface area contributed by atoms with Crippen molar-refractivity contribution >= 4 is 5.91 Å². The number of aryl methyl sites for hydroxylation is 2. The van der Waals surface area contributed by atoms with Gasteiger partial charge in [-0.05, 0) is 43.4 Å². The van der Waals surface area contributed by atoms with Gasteiger partial charge < -0.3 is 10.6 Å². The van der Waals surface area contributed by atoms with E-state index < -0.39 is 0 Å². The summed E-state index contributed by atoms with van der Waals surface area (Å²) in [6.45, 7) is 10.4. The molecule has 0 aliphatic carbocycles. The van der Waals surface area contributed by atoms with Gasteiger partial charge in [0.05, 0.1) is 0 Å². The molecule has 0 bridgehead atoms. The Labute approximate surface area is 123 Å². The molecule has 0 saturated heterocycles. The lowest BCUT2D eigenvalue weighted by Gasteiger charge is -2.31. The average Bonchev–Trinajstić information content (AvgIpc) is 2.43. The van der Waals surface area contributed by atoms with Crippen LogP contribution in [0.15, 0.2) is 24.3 Å². The SMILES string of the molecule is CCN(CC(C)(C)CN)C(=O)CCc1ccccc1C. The van der Waals surface area contributed by atoms with Crippen LogP contribution in [-0.2, 0) is 11.2 Å². The Hall–Kier alpha value is -1.35. The van der Waals surface area contributed by atoms with Crippen LogP contribution in [0.1, 0.15) is 38.3 Å². The second-order valence-electron chi connectivity index (χ2n) is 6.20. The topological polar surface area (TPSA) is 46.3 Å². The summed E-state index contributed by atoms with van der Waals surface area (Å²) >= 11 is 0. The lowest BCUT2D eigenvalue weighted by molar-refractivity contribution is -0.132. The predicted molar refractivity (Wildman–Crippen MR) is 84.6 cm³/mol. The number of nitrogens with two attached hydrogens (primary N) is 1. The molecule has 2 N–H and O–H groups in total. The van der Waals surface area contributed by atoms with Gasteiger partial charge in [0.2, 0.25) is 5.91 Å². The van der Waals surface area contributed by atoms with E-state index in [1.165, 1.54) is 11.1 Å². The van der Waals surface area contributed by atoms with Crippen molar-refractivity contribution in [2.75, 3.05) is 19.6 Å². The molecule has 0 spiro atoms. The van der Waals surface area contributed by atoms with Gasteiger partial charge in [-0.3, -0.25) is 4.79 Å². The molecule has 3 nitrogen and oxygen atoms in total. The van der Waals surface area contributed by atoms with Gasteiger partial charge in [0, 0.05) is 19.5 Å². The first-order chi connectivity index (χ1) is 9.39. The van der Waals surface area contributed by atoms with E-state index >= 15 is 0 Å². The van der Waals surface area contributed by atoms with Crippen LogP contribution in [0.4, 0.5) is 0 Å². The van der Waals surface area contributed by atoms with E-state index in [4.69, 9.17) is 5.73 Å². The summed E-state index contributed by atoms with van der Waals surface area (Å²) < 4.78 is 0. The summed E-state index contributed by atoms with van der Waals surface area (Å²) in [5, 5.41) is 0. The molecule has 1 aromatic carbocycles. The Morgan fingerprint density at radius 3 is 2.50 bits per heavy atom. The summed E-state index contributed by atoms with van der Waals surface area (Å²) in [6.07, 6.45) is 1.38. The van der Waals surface area contributed by atoms with Crippen molar-refractivity contribution in [2.24, 2.45) is 11.1 Å². The molecule has 1 rings (SSSR count). The highest BCUT2D eigenvalue weighted by molar-refractivity contribution is 5.76. The number of benzene rings is 1. The third-order valence-corrected chi connectivity index (χ3v) is 3.78. The van der Waals surface area contributed by atoms with Crippen molar-refractivity contribution < 1.29 is 4.79 Å². The zero-order valence-corrected chi connectivity index (χ0v) is 13.3. The first kappa shape index (κ1) is 16.7. The van der Waals surface area contributed by atoms with Gasteiger partial charge in [-0.2, -0.15) is 0 Å². The van der Waals surface area contributed by atoms with Crippen LogP contribution in [0, 0.1) is 12.3 Å². The van der Waals surface area contributed by atoms with Crippen LogP contribution < -0.4 is 5.73 Å². The quantitative estimate of drug-likeness (QED) is 0.832. The minimum atomic E-state index is -0.0195. The molecule has 0 saturated carbocycles. The second kappa shape index (κ2) is 7.44. The minimum absolute atomic E-state index is 0.0195. The van der Waals surface area contributed by atoms with Gasteiger partial charge >= 0.3 is 0 Å². The monoisotopic (exact) mass is 276 g/mol. The molecule has 3 heteroatoms. The van der Waals surface area contributed by atoms with Gasteiger partial charge in [-0.25, -0.2) is 0 Å². The Balaban J connectivity index is 2.58. The summed E-state index contributed by atoms with van der Waals surface area (Å²) in [4.78, 5) is 14.3. The third-order valence-electron chi connectivity index (χ3n) is 3.78. The van der Waals surface area contributed by atoms with Crippen LogP contribution in [0.25, 0.3) is 0 Å². The lowest BCUT2D eigenvalue weighted by Crippen LogP contribution is -2.42. The highest BCUT2D eigenvalue weighted by atomic mass is 16.2. The van der Waals surface area contributed by atoms with Crippen molar-refractivity contribution in [3.63, 3.8) is 0 Å². The molecule has 0 radical (unpaired) electrons. The second-order valence-corrected chi connectivity index (χ2v) is 6.20. The molecule has 112 valence electrons. The molecule has 1 amide bonds. The van der Waals surface area contributed by atoms with E-state index in [2.05, 4.69) is 32.9 Å². The maximum atomic E-state index is 12.3. The smallest absolute Gasteiger partial charge is 0.222 e. The van der Waals surface area contributed by atoms with Crippen molar-refractivity contribution in [1.29, 1.82) is 0 Å². The first-order valence-corrected chi connectivity index (χ1v) is 7.42. The van der Waals surface area contributed by atoms with Gasteiger partial charge in [-0.15, -0.1) is 0 Å². The molecule has 1 aromatic rings. The van der Waals surface area contributed by atoms with Crippen molar-refractivity contribution in [1.82, 2.24) is 4.90 Å². The number of carbonyl (C=O) groups is 1. The minimum Gasteiger partial charge on any atom is -0.342 e. The van der Waals surface area contributed by atoms with Crippen LogP contribution in [0.2, 0.25) is 0 Å². The van der Waals surface area contributed by atoms with Crippen molar-refractivity contribution in [3.8, 4) is 0 Å². The van der Waals surface area contributed by atoms with Crippen LogP contribution in [0.3, 0.4) is 0 Å². The van der Waals surface area contributed by atoms with E-state index in [-0.39, 0.29) is 11.3 Å². The highest BCUT2D eigenvalue weighted by Gasteiger charge is 2.22. The molecule has 0 unspecified atom stereocenters. The largest absolute Gasteiger partial charge is 0.342 e. The molecule has 0 aliphatic heterocycles. The standard InChI is InChI=1S/C17H28N2O/c1-5-19(13-17(3,4)12-18)16(20)11-10-15-9-7-6-8-14(15)2/h6-9H,5,10-13,18H2,1-4H3. The molecule has 0 heterocycles. The summed E-state index contributed by atoms with van der Waals surface area (Å²) in [5.74, 6) is 0.220. The number of nitrogens with zero attached hydrogens (tertiary/aromatic N) is 1. The number of rotatable bonds is 7. The molecule has 0 atom stereocenters. The summed E-state index contributed by atoms with van der Waals surface area (Å²) in [5.41, 5.74) is 8.25. The zero-order valence-electron chi connectivity index (χ0n) is 13.3. The van der Waals surface area contributed by atoms with Crippen LogP contribution in [0.5, 0.6) is 0 Å². The number of hydrogen-bond acceptors (Lipinski definition) is 2. The number of hydrogen-bond donors (Lipinski definition) is 1. The predicted octanol–water partition coefficient (Wildman–Crippen LogP) is 2.76. The molecule has 0 aromatic heterocycles. The molecular formula is C17H28N2O. The maximum absolute atomic E-state index is 12.3. The fourth-order valence-electron chi connectivity index (χ4n) is 2.25. The normalized spacial score (nSPS) is 11.4. The van der Waals surface area contributed by atoms with Gasteiger partial charge in [-0.1, -0.05) is 38.1 Å². The third kappa shape index (κ3) is 4.97. The fourth-order valence-corrected chi connectivity index (χ4v) is 2.25. The highest BCUT2D eigenvalue weighted by Crippen LogP contribution is 2.16. The molecule has 0 aliphatic rings. The Kier molecular flexibility index (Phi) is 6.21. The zero-order chi connectivity index (χ0) is 15.2. The van der Waals surface area contributed by atoms with Gasteiger partial charge in [0.15, 0.2) is 0 Å². The van der Waals surface area contributed by atoms with E-state index in [1.54, 1.807) is 0 Å². The van der Waals surface area contributed by atoms with Crippen molar-refractivity contribution in [2.45, 2.75) is 40.5 Å². The van der Waals surface area contributed by atoms with Crippen LogP contribution >= 0.6 is 0 Å². The summed E-state index contributed by atoms with van der Waals surface area (Å²) in [6, 6.07) is 8.25. The number of carbonyl (C=O) groups excluding carboxylic acids is 1. The molecule has 0 fully saturated rings. The van der Waals surface area contributed by atoms with E-state index in [1.807, 2.05) is 24.0 Å². The number of amides is 1. The van der Waals surface area contributed by atoms with E-state index in [0.29, 0.717) is 13.0 Å². The van der Waals surface area contributed by atoms with E-state index in [9.17, 15) is 4.79 Å². The van der Waals surface area contributed by atoms with Gasteiger partial charge in [0.1, 0.15) is 0 Å². The Morgan fingerprint density at radius 1 is 1.30 bits per heavy atom. The lowest BCUT2D eigenvalue weighted by atomic mass is 9.93. The van der Waals surface area contributed by atoms with E-state index in [0.717, 1.165) is 19.5 Å². The first-order valence-electron chi connectivity index (χ1n) is 7.42. The Morgan fingerprint density at radius 2 is 1.95 bits per heavy atom. The maximum Gasteiger partial charge on any atom is 0.222 e. The van der Waals surface area contributed by atoms with Crippen LogP contribution in [-0.4, -0.2) is 30.4 Å². The van der Waals surface area contributed by atoms with Gasteiger partial charge in [0.25, 0.3) is 0 Å².